The number of rotatable bonds is 2. The maximum atomic E-state index is 13.4. The molecule has 0 bridgehead atoms. The van der Waals surface area contributed by atoms with Gasteiger partial charge in [-0.2, -0.15) is 23.2 Å². The van der Waals surface area contributed by atoms with Crippen molar-refractivity contribution in [2.75, 3.05) is 19.6 Å². The van der Waals surface area contributed by atoms with Gasteiger partial charge in [0, 0.05) is 6.42 Å². The Morgan fingerprint density at radius 3 is 2.36 bits per heavy atom. The summed E-state index contributed by atoms with van der Waals surface area (Å²) < 4.78 is 49.9. The minimum absolute atomic E-state index is 0.0389. The third-order valence-electron chi connectivity index (χ3n) is 2.46. The molecule has 1 aliphatic heterocycles. The largest absolute Gasteiger partial charge is 0.465 e. The number of carbonyl (C=O) groups is 1. The molecule has 124 valence electrons. The fourth-order valence-corrected chi connectivity index (χ4v) is 2.43. The standard InChI is InChI=1S/C11H14F3N3O3S2/c1-5-6-16-10(7(18)19-2,11(12,13)14)17-8(20-6)15-9(21-3)22-4/h5H2,1-4H3/t10-/m0/s1. The number of hydrogen-bond acceptors (Lipinski definition) is 8. The molecule has 22 heavy (non-hydrogen) atoms. The van der Waals surface area contributed by atoms with E-state index < -0.39 is 23.8 Å². The highest BCUT2D eigenvalue weighted by Crippen LogP contribution is 2.38. The van der Waals surface area contributed by atoms with Crippen LogP contribution in [0, 0.1) is 0 Å². The minimum atomic E-state index is -5.08. The Kier molecular flexibility index (Phi) is 6.29. The van der Waals surface area contributed by atoms with Crippen molar-refractivity contribution in [3.8, 4) is 0 Å². The lowest BCUT2D eigenvalue weighted by Crippen LogP contribution is -2.52. The molecular formula is C11H14F3N3O3S2. The number of nitrogens with zero attached hydrogens (tertiary/aromatic N) is 3. The van der Waals surface area contributed by atoms with Gasteiger partial charge in [-0.05, 0) is 12.5 Å². The fraction of sp³-hybridized carbons (Fsp3) is 0.636. The van der Waals surface area contributed by atoms with Crippen LogP contribution >= 0.6 is 23.5 Å². The second-order valence-corrected chi connectivity index (χ2v) is 5.65. The molecule has 0 saturated carbocycles. The van der Waals surface area contributed by atoms with E-state index in [2.05, 4.69) is 19.7 Å². The lowest BCUT2D eigenvalue weighted by Gasteiger charge is -2.29. The number of aliphatic imine (C=N–C) groups is 3. The van der Waals surface area contributed by atoms with Crippen LogP contribution < -0.4 is 0 Å². The second-order valence-electron chi connectivity index (χ2n) is 3.80. The van der Waals surface area contributed by atoms with Crippen LogP contribution in [0.1, 0.15) is 13.3 Å². The van der Waals surface area contributed by atoms with E-state index >= 15 is 0 Å². The molecule has 0 N–H and O–H groups in total. The predicted molar refractivity (Wildman–Crippen MR) is 81.5 cm³/mol. The average Bonchev–Trinajstić information content (AvgIpc) is 2.50. The molecule has 0 fully saturated rings. The number of ether oxygens (including phenoxy) is 2. The first-order valence-electron chi connectivity index (χ1n) is 5.92. The van der Waals surface area contributed by atoms with Crippen LogP contribution in [-0.4, -0.2) is 53.7 Å². The maximum absolute atomic E-state index is 13.4. The summed E-state index contributed by atoms with van der Waals surface area (Å²) in [5, 5.41) is 0. The molecule has 1 rings (SSSR count). The zero-order chi connectivity index (χ0) is 17.0. The summed E-state index contributed by atoms with van der Waals surface area (Å²) in [6.45, 7) is 1.54. The first-order chi connectivity index (χ1) is 10.2. The molecule has 1 aliphatic rings. The van der Waals surface area contributed by atoms with Gasteiger partial charge >= 0.3 is 23.8 Å². The number of alkyl halides is 3. The van der Waals surface area contributed by atoms with Gasteiger partial charge in [-0.15, -0.1) is 23.5 Å². The van der Waals surface area contributed by atoms with E-state index in [-0.39, 0.29) is 12.3 Å². The molecule has 1 atom stereocenters. The zero-order valence-corrected chi connectivity index (χ0v) is 13.9. The number of hydrogen-bond donors (Lipinski definition) is 0. The van der Waals surface area contributed by atoms with E-state index in [1.54, 1.807) is 12.5 Å². The quantitative estimate of drug-likeness (QED) is 0.432. The molecule has 0 unspecified atom stereocenters. The van der Waals surface area contributed by atoms with Crippen LogP contribution in [0.5, 0.6) is 0 Å². The van der Waals surface area contributed by atoms with Crippen molar-refractivity contribution in [2.24, 2.45) is 15.0 Å². The van der Waals surface area contributed by atoms with Crippen LogP contribution in [0.3, 0.4) is 0 Å². The van der Waals surface area contributed by atoms with Gasteiger partial charge in [0.05, 0.1) is 7.11 Å². The SMILES string of the molecule is CCC1=N[C@](C(=O)OC)(C(F)(F)F)N=C(N=C(SC)SC)O1. The summed E-state index contributed by atoms with van der Waals surface area (Å²) in [5.41, 5.74) is -3.38. The lowest BCUT2D eigenvalue weighted by molar-refractivity contribution is -0.202. The molecule has 11 heteroatoms. The molecule has 0 spiro atoms. The predicted octanol–water partition coefficient (Wildman–Crippen LogP) is 2.69. The molecule has 0 aromatic rings. The third kappa shape index (κ3) is 3.75. The molecule has 0 aromatic heterocycles. The first kappa shape index (κ1) is 18.8. The second kappa shape index (κ2) is 7.36. The number of methoxy groups -OCH3 is 1. The lowest BCUT2D eigenvalue weighted by atomic mass is 10.1. The van der Waals surface area contributed by atoms with Gasteiger partial charge in [0.2, 0.25) is 0 Å². The minimum Gasteiger partial charge on any atom is -0.465 e. The van der Waals surface area contributed by atoms with Crippen molar-refractivity contribution in [3.63, 3.8) is 0 Å². The van der Waals surface area contributed by atoms with Gasteiger partial charge in [-0.25, -0.2) is 9.79 Å². The molecule has 6 nitrogen and oxygen atoms in total. The molecule has 1 heterocycles. The monoisotopic (exact) mass is 357 g/mol. The summed E-state index contributed by atoms with van der Waals surface area (Å²) in [5.74, 6) is -1.94. The summed E-state index contributed by atoms with van der Waals surface area (Å²) >= 11 is 2.42. The van der Waals surface area contributed by atoms with E-state index in [9.17, 15) is 18.0 Å². The first-order valence-corrected chi connectivity index (χ1v) is 8.37. The van der Waals surface area contributed by atoms with Crippen LogP contribution in [0.4, 0.5) is 13.2 Å². The van der Waals surface area contributed by atoms with Crippen molar-refractivity contribution in [1.29, 1.82) is 0 Å². The van der Waals surface area contributed by atoms with Crippen molar-refractivity contribution < 1.29 is 27.4 Å². The van der Waals surface area contributed by atoms with Crippen LogP contribution in [0.2, 0.25) is 0 Å². The van der Waals surface area contributed by atoms with Gasteiger partial charge in [-0.3, -0.25) is 0 Å². The number of thioether (sulfide) groups is 2. The van der Waals surface area contributed by atoms with Gasteiger partial charge in [-0.1, -0.05) is 6.92 Å². The highest BCUT2D eigenvalue weighted by atomic mass is 32.2. The Morgan fingerprint density at radius 1 is 1.36 bits per heavy atom. The molecular weight excluding hydrogens is 343 g/mol. The van der Waals surface area contributed by atoms with Gasteiger partial charge in [0.1, 0.15) is 4.38 Å². The molecule has 0 amide bonds. The molecule has 0 aromatic carbocycles. The van der Waals surface area contributed by atoms with Crippen LogP contribution in [0.25, 0.3) is 0 Å². The van der Waals surface area contributed by atoms with Gasteiger partial charge < -0.3 is 9.47 Å². The topological polar surface area (TPSA) is 72.6 Å². The number of halogens is 3. The van der Waals surface area contributed by atoms with E-state index in [0.717, 1.165) is 7.11 Å². The number of carbonyl (C=O) groups excluding carboxylic acids is 1. The Hall–Kier alpha value is -1.23. The summed E-state index contributed by atoms with van der Waals surface area (Å²) in [4.78, 5) is 22.2. The highest BCUT2D eigenvalue weighted by molar-refractivity contribution is 8.38. The number of amidine groups is 1. The number of esters is 1. The smallest absolute Gasteiger partial charge is 0.446 e. The summed E-state index contributed by atoms with van der Waals surface area (Å²) in [6, 6.07) is -0.576. The molecule has 0 saturated heterocycles. The molecule has 0 aliphatic carbocycles. The normalized spacial score (nSPS) is 21.4. The van der Waals surface area contributed by atoms with E-state index in [0.29, 0.717) is 4.38 Å². The summed E-state index contributed by atoms with van der Waals surface area (Å²) in [6.07, 6.45) is -1.64. The Labute approximate surface area is 133 Å². The van der Waals surface area contributed by atoms with E-state index in [4.69, 9.17) is 4.74 Å². The van der Waals surface area contributed by atoms with Crippen LogP contribution in [0.15, 0.2) is 15.0 Å². The highest BCUT2D eigenvalue weighted by Gasteiger charge is 2.65. The summed E-state index contributed by atoms with van der Waals surface area (Å²) in [7, 11) is 0.833. The molecule has 0 radical (unpaired) electrons. The van der Waals surface area contributed by atoms with Gasteiger partial charge in [0.15, 0.2) is 5.90 Å². The van der Waals surface area contributed by atoms with Crippen molar-refractivity contribution >= 4 is 45.8 Å². The maximum Gasteiger partial charge on any atom is 0.446 e. The fourth-order valence-electron chi connectivity index (χ4n) is 1.42. The van der Waals surface area contributed by atoms with E-state index in [1.165, 1.54) is 30.4 Å². The van der Waals surface area contributed by atoms with Crippen molar-refractivity contribution in [3.05, 3.63) is 0 Å². The Bertz CT molecular complexity index is 528. The van der Waals surface area contributed by atoms with Crippen molar-refractivity contribution in [1.82, 2.24) is 0 Å². The van der Waals surface area contributed by atoms with E-state index in [1.807, 2.05) is 0 Å². The Balaban J connectivity index is 3.47. The Morgan fingerprint density at radius 2 is 1.95 bits per heavy atom. The zero-order valence-electron chi connectivity index (χ0n) is 12.2. The van der Waals surface area contributed by atoms with Gasteiger partial charge in [0.25, 0.3) is 0 Å². The average molecular weight is 357 g/mol. The van der Waals surface area contributed by atoms with Crippen LogP contribution in [-0.2, 0) is 14.3 Å². The third-order valence-corrected chi connectivity index (χ3v) is 4.34. The van der Waals surface area contributed by atoms with Crippen molar-refractivity contribution in [2.45, 2.75) is 25.2 Å².